The van der Waals surface area contributed by atoms with Gasteiger partial charge in [0.2, 0.25) is 11.7 Å². The highest BCUT2D eigenvalue weighted by Gasteiger charge is 2.38. The summed E-state index contributed by atoms with van der Waals surface area (Å²) in [5, 5.41) is 13.0. The summed E-state index contributed by atoms with van der Waals surface area (Å²) < 4.78 is 37.4. The SMILES string of the molecule is CSc1ncc2cc(-c3ccccc3)c(-c3ccc(CN4CCC(c5nc(-c6cccnc6)no5)CC4)cc3)nc2n1.O=C(O)C(F)(F)F. The Labute approximate surface area is 283 Å². The van der Waals surface area contributed by atoms with Crippen LogP contribution in [0.2, 0.25) is 0 Å². The third-order valence-electron chi connectivity index (χ3n) is 7.99. The predicted molar refractivity (Wildman–Crippen MR) is 178 cm³/mol. The van der Waals surface area contributed by atoms with Crippen molar-refractivity contribution in [1.29, 1.82) is 0 Å². The second-order valence-electron chi connectivity index (χ2n) is 11.3. The summed E-state index contributed by atoms with van der Waals surface area (Å²) in [6.45, 7) is 2.87. The van der Waals surface area contributed by atoms with Gasteiger partial charge < -0.3 is 9.63 Å². The number of pyridine rings is 2. The van der Waals surface area contributed by atoms with E-state index in [2.05, 4.69) is 84.6 Å². The quantitative estimate of drug-likeness (QED) is 0.132. The zero-order valence-corrected chi connectivity index (χ0v) is 27.0. The number of halogens is 3. The summed E-state index contributed by atoms with van der Waals surface area (Å²) in [4.78, 5) is 34.4. The summed E-state index contributed by atoms with van der Waals surface area (Å²) >= 11 is 1.52. The van der Waals surface area contributed by atoms with Gasteiger partial charge in [-0.3, -0.25) is 9.88 Å². The first kappa shape index (κ1) is 33.7. The van der Waals surface area contributed by atoms with Crippen LogP contribution in [-0.2, 0) is 11.3 Å². The lowest BCUT2D eigenvalue weighted by Crippen LogP contribution is -2.32. The second-order valence-corrected chi connectivity index (χ2v) is 12.0. The maximum Gasteiger partial charge on any atom is 0.490 e. The van der Waals surface area contributed by atoms with E-state index in [1.54, 1.807) is 12.4 Å². The van der Waals surface area contributed by atoms with Crippen molar-refractivity contribution in [3.8, 4) is 33.8 Å². The zero-order chi connectivity index (χ0) is 34.4. The van der Waals surface area contributed by atoms with Crippen molar-refractivity contribution in [2.75, 3.05) is 19.3 Å². The number of fused-ring (bicyclic) bond motifs is 1. The first-order chi connectivity index (χ1) is 23.7. The van der Waals surface area contributed by atoms with Crippen LogP contribution >= 0.6 is 11.8 Å². The molecule has 0 spiro atoms. The first-order valence-corrected chi connectivity index (χ1v) is 16.5. The monoisotopic (exact) mass is 685 g/mol. The zero-order valence-electron chi connectivity index (χ0n) is 26.2. The molecule has 14 heteroatoms. The van der Waals surface area contributed by atoms with E-state index in [4.69, 9.17) is 19.4 Å². The van der Waals surface area contributed by atoms with E-state index in [-0.39, 0.29) is 5.92 Å². The molecule has 7 rings (SSSR count). The van der Waals surface area contributed by atoms with Gasteiger partial charge in [0.1, 0.15) is 0 Å². The van der Waals surface area contributed by atoms with E-state index in [1.165, 1.54) is 17.3 Å². The summed E-state index contributed by atoms with van der Waals surface area (Å²) in [5.41, 5.74) is 7.07. The lowest BCUT2D eigenvalue weighted by Gasteiger charge is -2.30. The van der Waals surface area contributed by atoms with Gasteiger partial charge in [-0.15, -0.1) is 0 Å². The van der Waals surface area contributed by atoms with Gasteiger partial charge in [-0.05, 0) is 61.5 Å². The van der Waals surface area contributed by atoms with Gasteiger partial charge in [0, 0.05) is 53.1 Å². The maximum atomic E-state index is 10.6. The van der Waals surface area contributed by atoms with Crippen molar-refractivity contribution >= 4 is 28.8 Å². The Bertz CT molecular complexity index is 2020. The van der Waals surface area contributed by atoms with Crippen LogP contribution in [0.5, 0.6) is 0 Å². The van der Waals surface area contributed by atoms with Crippen LogP contribution in [-0.4, -0.2) is 71.6 Å². The van der Waals surface area contributed by atoms with E-state index >= 15 is 0 Å². The standard InChI is InChI=1S/C33H29N7OS.C2HF3O2/c1-42-33-35-20-27-18-28(23-6-3-2-4-7-23)29(36-30(27)38-33)24-11-9-22(10-12-24)21-40-16-13-25(14-17-40)32-37-31(39-41-32)26-8-5-15-34-19-26;3-2(4,5)1(6)7/h2-12,15,18-20,25H,13-14,16-17,21H2,1H3;(H,6,7). The van der Waals surface area contributed by atoms with Crippen molar-refractivity contribution in [3.63, 3.8) is 0 Å². The lowest BCUT2D eigenvalue weighted by molar-refractivity contribution is -0.192. The number of nitrogens with zero attached hydrogens (tertiary/aromatic N) is 7. The number of alkyl halides is 3. The fourth-order valence-corrected chi connectivity index (χ4v) is 5.82. The molecular weight excluding hydrogens is 655 g/mol. The highest BCUT2D eigenvalue weighted by molar-refractivity contribution is 7.98. The number of piperidine rings is 1. The molecule has 0 bridgehead atoms. The van der Waals surface area contributed by atoms with Gasteiger partial charge >= 0.3 is 12.1 Å². The van der Waals surface area contributed by atoms with Crippen molar-refractivity contribution < 1.29 is 27.6 Å². The molecule has 4 aromatic heterocycles. The Morgan fingerprint density at radius 3 is 2.31 bits per heavy atom. The number of hydrogen-bond donors (Lipinski definition) is 1. The molecule has 6 aromatic rings. The van der Waals surface area contributed by atoms with E-state index in [0.29, 0.717) is 11.5 Å². The highest BCUT2D eigenvalue weighted by Crippen LogP contribution is 2.34. The minimum absolute atomic E-state index is 0.285. The molecule has 0 aliphatic carbocycles. The number of benzene rings is 2. The second kappa shape index (κ2) is 14.9. The smallest absolute Gasteiger partial charge is 0.475 e. The molecular formula is C35H30F3N7O3S. The normalized spacial score (nSPS) is 14.0. The molecule has 0 radical (unpaired) electrons. The van der Waals surface area contributed by atoms with Crippen molar-refractivity contribution in [3.05, 3.63) is 103 Å². The molecule has 49 heavy (non-hydrogen) atoms. The van der Waals surface area contributed by atoms with Gasteiger partial charge in [-0.1, -0.05) is 71.5 Å². The van der Waals surface area contributed by atoms with Crippen molar-refractivity contribution in [2.24, 2.45) is 0 Å². The van der Waals surface area contributed by atoms with Crippen LogP contribution in [0.15, 0.2) is 101 Å². The van der Waals surface area contributed by atoms with Gasteiger partial charge in [0.05, 0.1) is 5.69 Å². The van der Waals surface area contributed by atoms with Gasteiger partial charge in [0.25, 0.3) is 0 Å². The van der Waals surface area contributed by atoms with Crippen molar-refractivity contribution in [2.45, 2.75) is 36.6 Å². The van der Waals surface area contributed by atoms with Crippen LogP contribution < -0.4 is 0 Å². The number of thioether (sulfide) groups is 1. The number of hydrogen-bond acceptors (Lipinski definition) is 10. The topological polar surface area (TPSA) is 131 Å². The number of carboxylic acid groups (broad SMARTS) is 1. The number of carbonyl (C=O) groups is 1. The number of likely N-dealkylation sites (tertiary alicyclic amines) is 1. The van der Waals surface area contributed by atoms with Crippen LogP contribution in [0, 0.1) is 0 Å². The summed E-state index contributed by atoms with van der Waals surface area (Å²) in [6.07, 6.45) is 4.25. The van der Waals surface area contributed by atoms with Gasteiger partial charge in [-0.25, -0.2) is 19.7 Å². The van der Waals surface area contributed by atoms with E-state index < -0.39 is 12.1 Å². The molecule has 0 saturated carbocycles. The minimum Gasteiger partial charge on any atom is -0.475 e. The molecule has 1 fully saturated rings. The summed E-state index contributed by atoms with van der Waals surface area (Å²) in [7, 11) is 0. The van der Waals surface area contributed by atoms with E-state index in [9.17, 15) is 13.2 Å². The molecule has 1 aliphatic rings. The average molecular weight is 686 g/mol. The maximum absolute atomic E-state index is 10.6. The Morgan fingerprint density at radius 2 is 1.65 bits per heavy atom. The molecule has 2 aromatic carbocycles. The van der Waals surface area contributed by atoms with Crippen LogP contribution in [0.4, 0.5) is 13.2 Å². The fourth-order valence-electron chi connectivity index (χ4n) is 5.48. The van der Waals surface area contributed by atoms with Gasteiger partial charge in [-0.2, -0.15) is 18.2 Å². The minimum atomic E-state index is -5.08. The number of aliphatic carboxylic acids is 1. The number of rotatable bonds is 7. The Kier molecular flexibility index (Phi) is 10.3. The van der Waals surface area contributed by atoms with Gasteiger partial charge in [0.15, 0.2) is 10.8 Å². The third-order valence-corrected chi connectivity index (χ3v) is 8.55. The predicted octanol–water partition coefficient (Wildman–Crippen LogP) is 7.54. The molecule has 0 atom stereocenters. The highest BCUT2D eigenvalue weighted by atomic mass is 32.2. The van der Waals surface area contributed by atoms with E-state index in [0.717, 1.165) is 76.9 Å². The third kappa shape index (κ3) is 8.27. The number of carboxylic acids is 1. The van der Waals surface area contributed by atoms with E-state index in [1.807, 2.05) is 30.7 Å². The Hall–Kier alpha value is -5.21. The van der Waals surface area contributed by atoms with Crippen LogP contribution in [0.25, 0.3) is 44.8 Å². The largest absolute Gasteiger partial charge is 0.490 e. The molecule has 0 unspecified atom stereocenters. The average Bonchev–Trinajstić information content (AvgIpc) is 3.63. The molecule has 1 N–H and O–H groups in total. The molecule has 5 heterocycles. The van der Waals surface area contributed by atoms with Crippen LogP contribution in [0.3, 0.4) is 0 Å². The Morgan fingerprint density at radius 1 is 0.939 bits per heavy atom. The summed E-state index contributed by atoms with van der Waals surface area (Å²) in [5.74, 6) is -1.14. The fraction of sp³-hybridized carbons (Fsp3) is 0.229. The molecule has 1 aliphatic heterocycles. The summed E-state index contributed by atoms with van der Waals surface area (Å²) in [6, 6.07) is 25.2. The molecule has 10 nitrogen and oxygen atoms in total. The molecule has 1 saturated heterocycles. The molecule has 250 valence electrons. The van der Waals surface area contributed by atoms with Crippen LogP contribution in [0.1, 0.15) is 30.2 Å². The Balaban J connectivity index is 0.000000540. The first-order valence-electron chi connectivity index (χ1n) is 15.3. The lowest BCUT2D eigenvalue weighted by atomic mass is 9.96. The van der Waals surface area contributed by atoms with Crippen molar-refractivity contribution in [1.82, 2.24) is 35.0 Å². The molecule has 0 amide bonds. The number of aromatic nitrogens is 6.